The van der Waals surface area contributed by atoms with Crippen molar-refractivity contribution in [1.29, 1.82) is 0 Å². The van der Waals surface area contributed by atoms with Gasteiger partial charge in [-0.3, -0.25) is 4.79 Å². The van der Waals surface area contributed by atoms with Gasteiger partial charge < -0.3 is 5.11 Å². The Hall–Kier alpha value is -1.36. The Labute approximate surface area is 75.7 Å². The Morgan fingerprint density at radius 3 is 2.38 bits per heavy atom. The maximum Gasteiger partial charge on any atom is 0.319 e. The van der Waals surface area contributed by atoms with Crippen LogP contribution in [-0.2, 0) is 14.6 Å². The smallest absolute Gasteiger partial charge is 0.319 e. The molecule has 69 valence electrons. The van der Waals surface area contributed by atoms with Gasteiger partial charge in [-0.1, -0.05) is 12.1 Å². The second-order valence-corrected chi connectivity index (χ2v) is 4.38. The zero-order valence-electron chi connectivity index (χ0n) is 6.60. The third-order valence-corrected chi connectivity index (χ3v) is 2.98. The summed E-state index contributed by atoms with van der Waals surface area (Å²) in [6.45, 7) is 0. The Kier molecular flexibility index (Phi) is 2.67. The molecule has 5 heteroatoms. The number of aliphatic carboxylic acids is 1. The van der Waals surface area contributed by atoms with Crippen molar-refractivity contribution in [3.63, 3.8) is 0 Å². The first kappa shape index (κ1) is 9.73. The van der Waals surface area contributed by atoms with Crippen LogP contribution in [0.25, 0.3) is 0 Å². The summed E-state index contributed by atoms with van der Waals surface area (Å²) in [5, 5.41) is 8.32. The van der Waals surface area contributed by atoms with Gasteiger partial charge in [0.15, 0.2) is 15.6 Å². The lowest BCUT2D eigenvalue weighted by molar-refractivity contribution is -0.134. The van der Waals surface area contributed by atoms with Crippen LogP contribution in [0.2, 0.25) is 0 Å². The van der Waals surface area contributed by atoms with Crippen molar-refractivity contribution in [2.24, 2.45) is 0 Å². The number of hydrogen-bond acceptors (Lipinski definition) is 3. The molecule has 0 fully saturated rings. The quantitative estimate of drug-likeness (QED) is 0.762. The number of rotatable bonds is 3. The summed E-state index contributed by atoms with van der Waals surface area (Å²) in [5.41, 5.74) is 0. The number of carboxylic acid groups (broad SMARTS) is 1. The molecule has 13 heavy (non-hydrogen) atoms. The average Bonchev–Trinajstić information content (AvgIpc) is 2.04. The predicted molar refractivity (Wildman–Crippen MR) is 45.0 cm³/mol. The average molecular weight is 199 g/mol. The summed E-state index contributed by atoms with van der Waals surface area (Å²) in [5.74, 6) is -2.23. The molecule has 0 aliphatic carbocycles. The maximum absolute atomic E-state index is 11.2. The second kappa shape index (κ2) is 3.57. The van der Waals surface area contributed by atoms with E-state index in [-0.39, 0.29) is 4.90 Å². The monoisotopic (exact) mass is 199 g/mol. The summed E-state index contributed by atoms with van der Waals surface area (Å²) in [6, 6.07) is 8.13. The first-order valence-corrected chi connectivity index (χ1v) is 5.08. The van der Waals surface area contributed by atoms with Crippen molar-refractivity contribution in [1.82, 2.24) is 0 Å². The Balaban J connectivity index is 3.02. The molecule has 0 saturated carbocycles. The molecule has 1 aromatic carbocycles. The van der Waals surface area contributed by atoms with Crippen LogP contribution in [0.1, 0.15) is 0 Å². The van der Waals surface area contributed by atoms with E-state index in [1.807, 2.05) is 0 Å². The molecule has 4 nitrogen and oxygen atoms in total. The first-order valence-electron chi connectivity index (χ1n) is 3.43. The highest BCUT2D eigenvalue weighted by Gasteiger charge is 2.17. The van der Waals surface area contributed by atoms with Crippen molar-refractivity contribution in [2.75, 3.05) is 5.75 Å². The van der Waals surface area contributed by atoms with Crippen LogP contribution < -0.4 is 0 Å². The maximum atomic E-state index is 11.2. The fourth-order valence-electron chi connectivity index (χ4n) is 0.825. The van der Waals surface area contributed by atoms with Gasteiger partial charge in [0, 0.05) is 0 Å². The zero-order valence-corrected chi connectivity index (χ0v) is 7.41. The summed E-state index contributed by atoms with van der Waals surface area (Å²) in [4.78, 5) is 10.2. The molecule has 0 unspecified atom stereocenters. The van der Waals surface area contributed by atoms with Crippen molar-refractivity contribution in [3.05, 3.63) is 30.3 Å². The van der Waals surface area contributed by atoms with Gasteiger partial charge in [0.25, 0.3) is 0 Å². The van der Waals surface area contributed by atoms with Crippen LogP contribution in [0.5, 0.6) is 0 Å². The number of sulfone groups is 1. The summed E-state index contributed by atoms with van der Waals surface area (Å²) >= 11 is 0. The van der Waals surface area contributed by atoms with Crippen molar-refractivity contribution < 1.29 is 18.3 Å². The first-order chi connectivity index (χ1) is 6.02. The van der Waals surface area contributed by atoms with Gasteiger partial charge in [-0.25, -0.2) is 8.42 Å². The highest BCUT2D eigenvalue weighted by molar-refractivity contribution is 7.92. The fraction of sp³-hybridized carbons (Fsp3) is 0.125. The van der Waals surface area contributed by atoms with E-state index in [4.69, 9.17) is 5.11 Å². The number of hydrogen-bond donors (Lipinski definition) is 1. The van der Waals surface area contributed by atoms with Gasteiger partial charge in [-0.05, 0) is 18.2 Å². The zero-order chi connectivity index (χ0) is 9.90. The lowest BCUT2D eigenvalue weighted by Gasteiger charge is -1.99. The van der Waals surface area contributed by atoms with E-state index >= 15 is 0 Å². The SMILES string of the molecule is O=C(O)CS(=O)(=O)c1cc[c]cc1. The minimum Gasteiger partial charge on any atom is -0.480 e. The largest absolute Gasteiger partial charge is 0.480 e. The fourth-order valence-corrected chi connectivity index (χ4v) is 1.87. The molecule has 0 bridgehead atoms. The van der Waals surface area contributed by atoms with Gasteiger partial charge in [0.2, 0.25) is 0 Å². The number of benzene rings is 1. The molecule has 1 radical (unpaired) electrons. The van der Waals surface area contributed by atoms with Crippen molar-refractivity contribution >= 4 is 15.8 Å². The van der Waals surface area contributed by atoms with Crippen molar-refractivity contribution in [2.45, 2.75) is 4.90 Å². The van der Waals surface area contributed by atoms with Crippen LogP contribution in [0.3, 0.4) is 0 Å². The molecule has 0 heterocycles. The minimum absolute atomic E-state index is 0.00801. The molecule has 0 amide bonds. The number of carboxylic acids is 1. The molecule has 1 N–H and O–H groups in total. The highest BCUT2D eigenvalue weighted by atomic mass is 32.2. The molecule has 0 aromatic heterocycles. The standard InChI is InChI=1S/C8H7O4S/c9-8(10)6-13(11,12)7-4-2-1-3-5-7/h2-5H,6H2,(H,9,10). The second-order valence-electron chi connectivity index (χ2n) is 2.39. The molecule has 1 aromatic rings. The van der Waals surface area contributed by atoms with E-state index in [0.717, 1.165) is 0 Å². The summed E-state index contributed by atoms with van der Waals surface area (Å²) in [6.07, 6.45) is 0. The lowest BCUT2D eigenvalue weighted by atomic mass is 10.4. The Morgan fingerprint density at radius 2 is 1.92 bits per heavy atom. The van der Waals surface area contributed by atoms with Crippen LogP contribution in [0.4, 0.5) is 0 Å². The van der Waals surface area contributed by atoms with Crippen LogP contribution in [0, 0.1) is 6.07 Å². The van der Waals surface area contributed by atoms with Crippen LogP contribution >= 0.6 is 0 Å². The molecule has 0 aliphatic heterocycles. The van der Waals surface area contributed by atoms with E-state index in [1.54, 1.807) is 0 Å². The topological polar surface area (TPSA) is 71.4 Å². The molecule has 0 spiro atoms. The van der Waals surface area contributed by atoms with Gasteiger partial charge in [-0.15, -0.1) is 0 Å². The van der Waals surface area contributed by atoms with E-state index < -0.39 is 21.6 Å². The Morgan fingerprint density at radius 1 is 1.38 bits per heavy atom. The van der Waals surface area contributed by atoms with Gasteiger partial charge in [-0.2, -0.15) is 0 Å². The molecular formula is C8H7O4S. The van der Waals surface area contributed by atoms with Crippen LogP contribution in [-0.4, -0.2) is 25.2 Å². The third-order valence-electron chi connectivity index (χ3n) is 1.36. The predicted octanol–water partition coefficient (Wildman–Crippen LogP) is 0.345. The molecule has 0 saturated heterocycles. The van der Waals surface area contributed by atoms with E-state index in [2.05, 4.69) is 6.07 Å². The van der Waals surface area contributed by atoms with Crippen LogP contribution in [0.15, 0.2) is 29.2 Å². The lowest BCUT2D eigenvalue weighted by Crippen LogP contribution is -2.15. The molecule has 0 atom stereocenters. The summed E-state index contributed by atoms with van der Waals surface area (Å²) in [7, 11) is -3.68. The van der Waals surface area contributed by atoms with Crippen molar-refractivity contribution in [3.8, 4) is 0 Å². The van der Waals surface area contributed by atoms with Gasteiger partial charge in [0.05, 0.1) is 4.90 Å². The Bertz CT molecular complexity index is 393. The summed E-state index contributed by atoms with van der Waals surface area (Å²) < 4.78 is 22.5. The highest BCUT2D eigenvalue weighted by Crippen LogP contribution is 2.08. The molecule has 0 aliphatic rings. The van der Waals surface area contributed by atoms with Gasteiger partial charge >= 0.3 is 5.97 Å². The third kappa shape index (κ3) is 2.55. The molecular weight excluding hydrogens is 192 g/mol. The molecule has 1 rings (SSSR count). The van der Waals surface area contributed by atoms with Gasteiger partial charge in [0.1, 0.15) is 0 Å². The van der Waals surface area contributed by atoms with E-state index in [1.165, 1.54) is 24.3 Å². The van der Waals surface area contributed by atoms with E-state index in [0.29, 0.717) is 0 Å². The van der Waals surface area contributed by atoms with E-state index in [9.17, 15) is 13.2 Å². The number of carbonyl (C=O) groups is 1. The normalized spacial score (nSPS) is 11.1. The minimum atomic E-state index is -3.68.